The van der Waals surface area contributed by atoms with Crippen LogP contribution in [0.25, 0.3) is 0 Å². The maximum atomic E-state index is 11.7. The second kappa shape index (κ2) is 8.36. The number of hydrogen-bond acceptors (Lipinski definition) is 5. The van der Waals surface area contributed by atoms with Crippen LogP contribution in [-0.4, -0.2) is 36.9 Å². The van der Waals surface area contributed by atoms with Crippen LogP contribution >= 0.6 is 0 Å². The second-order valence-corrected chi connectivity index (χ2v) is 8.05. The Morgan fingerprint density at radius 1 is 1.00 bits per heavy atom. The summed E-state index contributed by atoms with van der Waals surface area (Å²) in [5.74, 6) is 0.396. The highest BCUT2D eigenvalue weighted by atomic mass is 16.6. The number of nitrogens with one attached hydrogen (secondary N) is 1. The summed E-state index contributed by atoms with van der Waals surface area (Å²) >= 11 is 0. The van der Waals surface area contributed by atoms with Crippen molar-refractivity contribution in [3.63, 3.8) is 0 Å². The Kier molecular flexibility index (Phi) is 5.63. The first-order chi connectivity index (χ1) is 14.5. The number of para-hydroxylation sites is 1. The molecule has 3 fully saturated rings. The monoisotopic (exact) mass is 411 g/mol. The summed E-state index contributed by atoms with van der Waals surface area (Å²) < 4.78 is 17.0. The van der Waals surface area contributed by atoms with E-state index < -0.39 is 18.7 Å². The maximum absolute atomic E-state index is 11.7. The number of benzene rings is 2. The fourth-order valence-corrected chi connectivity index (χ4v) is 4.27. The number of rotatable bonds is 7. The molecular weight excluding hydrogens is 386 g/mol. The molecule has 7 nitrogen and oxygen atoms in total. The molecular formula is C23H25NO6. The normalized spacial score (nSPS) is 24.8. The van der Waals surface area contributed by atoms with Crippen molar-refractivity contribution in [1.29, 1.82) is 0 Å². The number of amides is 1. The summed E-state index contributed by atoms with van der Waals surface area (Å²) in [7, 11) is 0. The van der Waals surface area contributed by atoms with E-state index in [0.717, 1.165) is 42.7 Å². The van der Waals surface area contributed by atoms with Crippen molar-refractivity contribution in [1.82, 2.24) is 5.32 Å². The molecule has 30 heavy (non-hydrogen) atoms. The fourth-order valence-electron chi connectivity index (χ4n) is 4.27. The van der Waals surface area contributed by atoms with Gasteiger partial charge in [-0.15, -0.1) is 0 Å². The standard InChI is InChI=1S/C23H25NO6/c25-20(26)14-28-21(27)24-15-22-9-11-23(12-10-22,29-16-22)17-5-4-8-19(13-17)30-18-6-2-1-3-7-18/h1-8,13H,9-12,14-16H2,(H,24,27)(H,25,26). The second-order valence-electron chi connectivity index (χ2n) is 8.05. The quantitative estimate of drug-likeness (QED) is 0.713. The average Bonchev–Trinajstić information content (AvgIpc) is 2.78. The highest BCUT2D eigenvalue weighted by Gasteiger charge is 2.50. The van der Waals surface area contributed by atoms with Gasteiger partial charge in [0.25, 0.3) is 0 Å². The van der Waals surface area contributed by atoms with Gasteiger partial charge >= 0.3 is 12.1 Å². The van der Waals surface area contributed by atoms with E-state index in [0.29, 0.717) is 13.2 Å². The molecule has 0 spiro atoms. The van der Waals surface area contributed by atoms with Crippen LogP contribution < -0.4 is 10.1 Å². The Balaban J connectivity index is 1.38. The minimum atomic E-state index is -1.18. The van der Waals surface area contributed by atoms with E-state index in [2.05, 4.69) is 16.1 Å². The zero-order chi connectivity index (χ0) is 21.0. The summed E-state index contributed by atoms with van der Waals surface area (Å²) in [6, 6.07) is 17.7. The van der Waals surface area contributed by atoms with Crippen LogP contribution in [0.2, 0.25) is 0 Å². The van der Waals surface area contributed by atoms with E-state index in [1.807, 2.05) is 48.5 Å². The summed E-state index contributed by atoms with van der Waals surface area (Å²) in [6.07, 6.45) is 2.83. The number of carbonyl (C=O) groups is 2. The molecule has 0 aromatic heterocycles. The van der Waals surface area contributed by atoms with Gasteiger partial charge < -0.3 is 24.6 Å². The Hall–Kier alpha value is -3.06. The lowest BCUT2D eigenvalue weighted by Crippen LogP contribution is -2.53. The van der Waals surface area contributed by atoms with Gasteiger partial charge in [-0.1, -0.05) is 30.3 Å². The van der Waals surface area contributed by atoms with Crippen molar-refractivity contribution in [3.8, 4) is 11.5 Å². The van der Waals surface area contributed by atoms with Crippen molar-refractivity contribution in [2.24, 2.45) is 5.41 Å². The number of alkyl carbamates (subject to hydrolysis) is 1. The minimum absolute atomic E-state index is 0.137. The van der Waals surface area contributed by atoms with E-state index in [9.17, 15) is 9.59 Å². The van der Waals surface area contributed by atoms with Crippen LogP contribution in [0.4, 0.5) is 4.79 Å². The van der Waals surface area contributed by atoms with Gasteiger partial charge in [-0.2, -0.15) is 0 Å². The number of carbonyl (C=O) groups excluding carboxylic acids is 1. The van der Waals surface area contributed by atoms with Gasteiger partial charge in [0, 0.05) is 12.0 Å². The average molecular weight is 411 g/mol. The molecule has 2 N–H and O–H groups in total. The molecule has 2 aromatic rings. The predicted octanol–water partition coefficient (Wildman–Crippen LogP) is 4.08. The zero-order valence-electron chi connectivity index (χ0n) is 16.6. The first-order valence-electron chi connectivity index (χ1n) is 10.1. The molecule has 1 aliphatic carbocycles. The predicted molar refractivity (Wildman–Crippen MR) is 108 cm³/mol. The van der Waals surface area contributed by atoms with Crippen molar-refractivity contribution in [2.45, 2.75) is 31.3 Å². The van der Waals surface area contributed by atoms with Crippen LogP contribution in [-0.2, 0) is 19.9 Å². The third-order valence-corrected chi connectivity index (χ3v) is 6.05. The molecule has 158 valence electrons. The van der Waals surface area contributed by atoms with Crippen molar-refractivity contribution in [3.05, 3.63) is 60.2 Å². The van der Waals surface area contributed by atoms with Gasteiger partial charge in [-0.3, -0.25) is 0 Å². The van der Waals surface area contributed by atoms with E-state index in [4.69, 9.17) is 14.6 Å². The molecule has 1 saturated carbocycles. The molecule has 2 aliphatic heterocycles. The fraction of sp³-hybridized carbons (Fsp3) is 0.391. The van der Waals surface area contributed by atoms with E-state index >= 15 is 0 Å². The van der Waals surface area contributed by atoms with Crippen LogP contribution in [0, 0.1) is 5.41 Å². The molecule has 0 radical (unpaired) electrons. The lowest BCUT2D eigenvalue weighted by molar-refractivity contribution is -0.187. The molecule has 2 bridgehead atoms. The minimum Gasteiger partial charge on any atom is -0.479 e. The molecule has 2 aromatic carbocycles. The van der Waals surface area contributed by atoms with Crippen molar-refractivity contribution in [2.75, 3.05) is 19.8 Å². The SMILES string of the molecule is O=C(O)COC(=O)NCC12CCC(c3cccc(Oc4ccccc4)c3)(CC1)OC2. The summed E-state index contributed by atoms with van der Waals surface area (Å²) in [4.78, 5) is 22.2. The molecule has 7 heteroatoms. The van der Waals surface area contributed by atoms with Gasteiger partial charge in [-0.05, 0) is 55.5 Å². The van der Waals surface area contributed by atoms with Gasteiger partial charge in [0.2, 0.25) is 0 Å². The third-order valence-electron chi connectivity index (χ3n) is 6.05. The Morgan fingerprint density at radius 2 is 1.73 bits per heavy atom. The van der Waals surface area contributed by atoms with Crippen molar-refractivity contribution < 1.29 is 28.9 Å². The van der Waals surface area contributed by atoms with E-state index in [1.165, 1.54) is 0 Å². The number of carboxylic acids is 1. The maximum Gasteiger partial charge on any atom is 0.407 e. The largest absolute Gasteiger partial charge is 0.479 e. The number of fused-ring (bicyclic) bond motifs is 3. The first kappa shape index (κ1) is 20.2. The number of ether oxygens (including phenoxy) is 3. The lowest BCUT2D eigenvalue weighted by atomic mass is 9.64. The molecule has 0 unspecified atom stereocenters. The summed E-state index contributed by atoms with van der Waals surface area (Å²) in [6.45, 7) is 0.314. The van der Waals surface area contributed by atoms with E-state index in [1.54, 1.807) is 0 Å². The Labute approximate surface area is 174 Å². The number of carboxylic acid groups (broad SMARTS) is 1. The van der Waals surface area contributed by atoms with Crippen molar-refractivity contribution >= 4 is 12.1 Å². The van der Waals surface area contributed by atoms with Crippen LogP contribution in [0.5, 0.6) is 11.5 Å². The van der Waals surface area contributed by atoms with Crippen LogP contribution in [0.1, 0.15) is 31.2 Å². The third kappa shape index (κ3) is 4.41. The number of aliphatic carboxylic acids is 1. The van der Waals surface area contributed by atoms with Gasteiger partial charge in [0.1, 0.15) is 11.5 Å². The molecule has 3 aliphatic rings. The summed E-state index contributed by atoms with van der Waals surface area (Å²) in [5, 5.41) is 11.3. The molecule has 2 saturated heterocycles. The summed E-state index contributed by atoms with van der Waals surface area (Å²) in [5.41, 5.74) is 0.641. The Bertz CT molecular complexity index is 888. The Morgan fingerprint density at radius 3 is 2.40 bits per heavy atom. The van der Waals surface area contributed by atoms with Gasteiger partial charge in [0.05, 0.1) is 12.2 Å². The van der Waals surface area contributed by atoms with Gasteiger partial charge in [-0.25, -0.2) is 9.59 Å². The highest BCUT2D eigenvalue weighted by molar-refractivity contribution is 5.74. The molecule has 0 atom stereocenters. The topological polar surface area (TPSA) is 94.1 Å². The highest BCUT2D eigenvalue weighted by Crippen LogP contribution is 2.53. The lowest BCUT2D eigenvalue weighted by Gasteiger charge is -2.53. The van der Waals surface area contributed by atoms with Crippen LogP contribution in [0.15, 0.2) is 54.6 Å². The van der Waals surface area contributed by atoms with Gasteiger partial charge in [0.15, 0.2) is 6.61 Å². The zero-order valence-corrected chi connectivity index (χ0v) is 16.6. The molecule has 2 heterocycles. The molecule has 1 amide bonds. The molecule has 5 rings (SSSR count). The van der Waals surface area contributed by atoms with Crippen LogP contribution in [0.3, 0.4) is 0 Å². The number of hydrogen-bond donors (Lipinski definition) is 2. The first-order valence-corrected chi connectivity index (χ1v) is 10.1. The smallest absolute Gasteiger partial charge is 0.407 e. The van der Waals surface area contributed by atoms with E-state index in [-0.39, 0.29) is 11.0 Å².